The minimum Gasteiger partial charge on any atom is -0.426 e. The van der Waals surface area contributed by atoms with Gasteiger partial charge in [0.05, 0.1) is 5.92 Å². The standard InChI is InChI=1S/C18H16O2/c19-18(16-11-12-8-9-14(16)10-12)20-17-7-3-5-13-4-1-2-6-15(13)17/h1-9,12,14,16H,10-11H2. The van der Waals surface area contributed by atoms with Crippen LogP contribution in [0.4, 0.5) is 0 Å². The average Bonchev–Trinajstić information content (AvgIpc) is 3.10. The van der Waals surface area contributed by atoms with Crippen LogP contribution in [0.5, 0.6) is 5.75 Å². The van der Waals surface area contributed by atoms with E-state index in [1.54, 1.807) is 0 Å². The summed E-state index contributed by atoms with van der Waals surface area (Å²) in [6.45, 7) is 0. The van der Waals surface area contributed by atoms with Crippen LogP contribution >= 0.6 is 0 Å². The molecule has 0 heterocycles. The lowest BCUT2D eigenvalue weighted by Gasteiger charge is -2.17. The Morgan fingerprint density at radius 1 is 1.00 bits per heavy atom. The first kappa shape index (κ1) is 11.7. The summed E-state index contributed by atoms with van der Waals surface area (Å²) >= 11 is 0. The zero-order valence-corrected chi connectivity index (χ0v) is 11.2. The lowest BCUT2D eigenvalue weighted by Crippen LogP contribution is -2.24. The first-order valence-corrected chi connectivity index (χ1v) is 7.19. The Kier molecular flexibility index (Phi) is 2.62. The molecule has 2 aromatic carbocycles. The van der Waals surface area contributed by atoms with Gasteiger partial charge in [-0.05, 0) is 36.1 Å². The van der Waals surface area contributed by atoms with Crippen molar-refractivity contribution in [2.45, 2.75) is 12.8 Å². The molecule has 20 heavy (non-hydrogen) atoms. The fraction of sp³-hybridized carbons (Fsp3) is 0.278. The van der Waals surface area contributed by atoms with Gasteiger partial charge in [0.15, 0.2) is 0 Å². The minimum absolute atomic E-state index is 0.0453. The Bertz CT molecular complexity index is 696. The van der Waals surface area contributed by atoms with Crippen molar-refractivity contribution in [3.05, 3.63) is 54.6 Å². The van der Waals surface area contributed by atoms with Crippen LogP contribution in [0.3, 0.4) is 0 Å². The highest BCUT2D eigenvalue weighted by Gasteiger charge is 2.41. The summed E-state index contributed by atoms with van der Waals surface area (Å²) in [5.41, 5.74) is 0. The molecule has 0 N–H and O–H groups in total. The highest BCUT2D eigenvalue weighted by Crippen LogP contribution is 2.44. The first-order valence-electron chi connectivity index (χ1n) is 7.19. The van der Waals surface area contributed by atoms with Gasteiger partial charge in [-0.3, -0.25) is 4.79 Å². The summed E-state index contributed by atoms with van der Waals surface area (Å²) in [6.07, 6.45) is 6.50. The Labute approximate surface area is 118 Å². The third-order valence-corrected chi connectivity index (χ3v) is 4.54. The van der Waals surface area contributed by atoms with Crippen molar-refractivity contribution in [2.75, 3.05) is 0 Å². The minimum atomic E-state index is -0.0711. The summed E-state index contributed by atoms with van der Waals surface area (Å²) in [5, 5.41) is 2.10. The predicted molar refractivity (Wildman–Crippen MR) is 78.4 cm³/mol. The van der Waals surface area contributed by atoms with E-state index in [0.29, 0.717) is 17.6 Å². The van der Waals surface area contributed by atoms with E-state index >= 15 is 0 Å². The molecule has 0 amide bonds. The zero-order valence-electron chi connectivity index (χ0n) is 11.2. The van der Waals surface area contributed by atoms with E-state index in [-0.39, 0.29) is 11.9 Å². The molecule has 2 aliphatic rings. The number of ether oxygens (including phenoxy) is 1. The van der Waals surface area contributed by atoms with Crippen LogP contribution in [0.15, 0.2) is 54.6 Å². The van der Waals surface area contributed by atoms with Gasteiger partial charge in [0.1, 0.15) is 5.75 Å². The fourth-order valence-corrected chi connectivity index (χ4v) is 3.52. The van der Waals surface area contributed by atoms with Crippen LogP contribution in [-0.2, 0) is 4.79 Å². The zero-order chi connectivity index (χ0) is 13.5. The molecular formula is C18H16O2. The molecule has 2 bridgehead atoms. The number of esters is 1. The van der Waals surface area contributed by atoms with Crippen LogP contribution < -0.4 is 4.74 Å². The number of hydrogen-bond donors (Lipinski definition) is 0. The van der Waals surface area contributed by atoms with E-state index < -0.39 is 0 Å². The smallest absolute Gasteiger partial charge is 0.314 e. The summed E-state index contributed by atoms with van der Waals surface area (Å²) in [4.78, 5) is 12.4. The second-order valence-electron chi connectivity index (χ2n) is 5.79. The van der Waals surface area contributed by atoms with Crippen LogP contribution in [0.2, 0.25) is 0 Å². The van der Waals surface area contributed by atoms with Crippen molar-refractivity contribution in [1.82, 2.24) is 0 Å². The largest absolute Gasteiger partial charge is 0.426 e. The lowest BCUT2D eigenvalue weighted by molar-refractivity contribution is -0.139. The molecule has 2 heteroatoms. The SMILES string of the molecule is O=C(Oc1cccc2ccccc12)C1CC2C=CC1C2. The van der Waals surface area contributed by atoms with E-state index in [1.165, 1.54) is 0 Å². The summed E-state index contributed by atoms with van der Waals surface area (Å²) < 4.78 is 5.69. The Hall–Kier alpha value is -2.09. The van der Waals surface area contributed by atoms with Crippen molar-refractivity contribution in [3.8, 4) is 5.75 Å². The van der Waals surface area contributed by atoms with Gasteiger partial charge in [-0.25, -0.2) is 0 Å². The van der Waals surface area contributed by atoms with Gasteiger partial charge in [0.2, 0.25) is 0 Å². The van der Waals surface area contributed by atoms with Gasteiger partial charge in [0.25, 0.3) is 0 Å². The van der Waals surface area contributed by atoms with Gasteiger partial charge in [0, 0.05) is 5.39 Å². The number of carbonyl (C=O) groups excluding carboxylic acids is 1. The highest BCUT2D eigenvalue weighted by atomic mass is 16.5. The van der Waals surface area contributed by atoms with Gasteiger partial charge >= 0.3 is 5.97 Å². The molecule has 0 aliphatic heterocycles. The quantitative estimate of drug-likeness (QED) is 0.466. The van der Waals surface area contributed by atoms with Crippen LogP contribution in [0, 0.1) is 17.8 Å². The van der Waals surface area contributed by atoms with E-state index in [2.05, 4.69) is 12.2 Å². The molecule has 2 nitrogen and oxygen atoms in total. The number of benzene rings is 2. The molecule has 3 unspecified atom stereocenters. The third-order valence-electron chi connectivity index (χ3n) is 4.54. The molecule has 3 atom stereocenters. The molecule has 100 valence electrons. The van der Waals surface area contributed by atoms with Gasteiger partial charge < -0.3 is 4.74 Å². The molecule has 4 rings (SSSR count). The van der Waals surface area contributed by atoms with Gasteiger partial charge in [-0.1, -0.05) is 48.6 Å². The number of allylic oxidation sites excluding steroid dienone is 2. The summed E-state index contributed by atoms with van der Waals surface area (Å²) in [6, 6.07) is 13.8. The Morgan fingerprint density at radius 2 is 1.85 bits per heavy atom. The third kappa shape index (κ3) is 1.83. The molecule has 0 aromatic heterocycles. The van der Waals surface area contributed by atoms with Crippen molar-refractivity contribution in [3.63, 3.8) is 0 Å². The molecule has 0 spiro atoms. The maximum absolute atomic E-state index is 12.4. The molecule has 2 aliphatic carbocycles. The van der Waals surface area contributed by atoms with Crippen LogP contribution in [0.1, 0.15) is 12.8 Å². The Balaban J connectivity index is 1.62. The molecular weight excluding hydrogens is 248 g/mol. The highest BCUT2D eigenvalue weighted by molar-refractivity contribution is 5.90. The van der Waals surface area contributed by atoms with E-state index in [0.717, 1.165) is 23.6 Å². The van der Waals surface area contributed by atoms with Crippen LogP contribution in [-0.4, -0.2) is 5.97 Å². The van der Waals surface area contributed by atoms with E-state index in [9.17, 15) is 4.79 Å². The van der Waals surface area contributed by atoms with Crippen molar-refractivity contribution < 1.29 is 9.53 Å². The summed E-state index contributed by atoms with van der Waals surface area (Å²) in [5.74, 6) is 1.63. The number of hydrogen-bond acceptors (Lipinski definition) is 2. The molecule has 2 aromatic rings. The normalized spacial score (nSPS) is 27.1. The molecule has 0 radical (unpaired) electrons. The van der Waals surface area contributed by atoms with Crippen molar-refractivity contribution >= 4 is 16.7 Å². The monoisotopic (exact) mass is 264 g/mol. The first-order chi connectivity index (χ1) is 9.81. The molecule has 1 fully saturated rings. The maximum atomic E-state index is 12.4. The molecule has 0 saturated heterocycles. The van der Waals surface area contributed by atoms with E-state index in [4.69, 9.17) is 4.74 Å². The second kappa shape index (κ2) is 4.48. The fourth-order valence-electron chi connectivity index (χ4n) is 3.52. The predicted octanol–water partition coefficient (Wildman–Crippen LogP) is 3.96. The number of carbonyl (C=O) groups is 1. The number of fused-ring (bicyclic) bond motifs is 3. The maximum Gasteiger partial charge on any atom is 0.314 e. The lowest BCUT2D eigenvalue weighted by atomic mass is 9.94. The van der Waals surface area contributed by atoms with Gasteiger partial charge in [-0.2, -0.15) is 0 Å². The average molecular weight is 264 g/mol. The topological polar surface area (TPSA) is 26.3 Å². The molecule has 1 saturated carbocycles. The van der Waals surface area contributed by atoms with E-state index in [1.807, 2.05) is 42.5 Å². The van der Waals surface area contributed by atoms with Crippen molar-refractivity contribution in [1.29, 1.82) is 0 Å². The summed E-state index contributed by atoms with van der Waals surface area (Å²) in [7, 11) is 0. The van der Waals surface area contributed by atoms with Gasteiger partial charge in [-0.15, -0.1) is 0 Å². The Morgan fingerprint density at radius 3 is 2.65 bits per heavy atom. The number of rotatable bonds is 2. The second-order valence-corrected chi connectivity index (χ2v) is 5.79. The van der Waals surface area contributed by atoms with Crippen LogP contribution in [0.25, 0.3) is 10.8 Å². The van der Waals surface area contributed by atoms with Crippen molar-refractivity contribution in [2.24, 2.45) is 17.8 Å².